The van der Waals surface area contributed by atoms with Crippen LogP contribution >= 0.6 is 24.8 Å². The Balaban J connectivity index is -0.000000249. The van der Waals surface area contributed by atoms with Gasteiger partial charge in [-0.3, -0.25) is 12.2 Å². The zero-order valence-electron chi connectivity index (χ0n) is 13.3. The minimum atomic E-state index is 0. The van der Waals surface area contributed by atoms with E-state index in [0.29, 0.717) is 0 Å². The van der Waals surface area contributed by atoms with Crippen LogP contribution in [0.2, 0.25) is 0 Å². The van der Waals surface area contributed by atoms with E-state index in [2.05, 4.69) is 38.2 Å². The van der Waals surface area contributed by atoms with Crippen molar-refractivity contribution in [1.82, 2.24) is 0 Å². The maximum absolute atomic E-state index is 8.44. The summed E-state index contributed by atoms with van der Waals surface area (Å²) in [5, 5.41) is 16.9. The Morgan fingerprint density at radius 1 is 0.955 bits per heavy atom. The third-order valence-corrected chi connectivity index (χ3v) is 2.34. The molecule has 0 heterocycles. The van der Waals surface area contributed by atoms with E-state index in [1.807, 2.05) is 12.2 Å². The van der Waals surface area contributed by atoms with Gasteiger partial charge in [-0.2, -0.15) is 23.3 Å². The van der Waals surface area contributed by atoms with Crippen molar-refractivity contribution in [3.05, 3.63) is 47.6 Å². The van der Waals surface area contributed by atoms with Gasteiger partial charge in [0.25, 0.3) is 0 Å². The molecule has 2 N–H and O–H groups in total. The monoisotopic (exact) mass is 422 g/mol. The number of rotatable bonds is 4. The molecule has 0 saturated heterocycles. The second kappa shape index (κ2) is 19.3. The van der Waals surface area contributed by atoms with Crippen molar-refractivity contribution in [2.24, 2.45) is 0 Å². The summed E-state index contributed by atoms with van der Waals surface area (Å²) in [5.41, 5.74) is 2.43. The number of hydrogen-bond acceptors (Lipinski definition) is 2. The smallest absolute Gasteiger partial charge is 0.0318 e. The molecule has 5 heteroatoms. The molecule has 2 aliphatic carbocycles. The maximum atomic E-state index is 8.44. The summed E-state index contributed by atoms with van der Waals surface area (Å²) in [6, 6.07) is 0. The van der Waals surface area contributed by atoms with E-state index in [1.165, 1.54) is 14.4 Å². The normalized spacial score (nSPS) is 13.5. The van der Waals surface area contributed by atoms with E-state index < -0.39 is 0 Å². The molecule has 2 rings (SSSR count). The molecule has 0 aromatic rings. The zero-order chi connectivity index (χ0) is 15.2. The SMILES string of the molecule is C[C](C)=[Zr+2].Cl.Cl.OCCC1=CC[C-]=C1.OCCC1=CC[C-]=C1. The van der Waals surface area contributed by atoms with Crippen LogP contribution in [0, 0.1) is 12.2 Å². The van der Waals surface area contributed by atoms with Crippen molar-refractivity contribution in [3.8, 4) is 0 Å². The first-order valence-electron chi connectivity index (χ1n) is 6.85. The first-order chi connectivity index (χ1) is 9.60. The summed E-state index contributed by atoms with van der Waals surface area (Å²) in [5.74, 6) is 0. The molecule has 0 atom stereocenters. The maximum Gasteiger partial charge on any atom is 0.0318 e. The summed E-state index contributed by atoms with van der Waals surface area (Å²) >= 11 is 1.55. The van der Waals surface area contributed by atoms with Crippen LogP contribution in [0.25, 0.3) is 0 Å². The minimum Gasteiger partial charge on any atom is -0.398 e. The zero-order valence-corrected chi connectivity index (χ0v) is 17.4. The molecule has 0 bridgehead atoms. The van der Waals surface area contributed by atoms with Crippen LogP contribution in [0.4, 0.5) is 0 Å². The van der Waals surface area contributed by atoms with E-state index in [0.717, 1.165) is 25.7 Å². The molecule has 2 nitrogen and oxygen atoms in total. The van der Waals surface area contributed by atoms with Crippen LogP contribution < -0.4 is 0 Å². The number of aliphatic hydroxyl groups excluding tert-OH is 2. The van der Waals surface area contributed by atoms with Crippen LogP contribution in [0.1, 0.15) is 39.5 Å². The van der Waals surface area contributed by atoms with E-state index in [1.54, 1.807) is 24.2 Å². The molecule has 0 aromatic carbocycles. The fourth-order valence-corrected chi connectivity index (χ4v) is 1.48. The Morgan fingerprint density at radius 3 is 1.45 bits per heavy atom. The Morgan fingerprint density at radius 2 is 1.27 bits per heavy atom. The molecule has 0 fully saturated rings. The molecule has 124 valence electrons. The van der Waals surface area contributed by atoms with Gasteiger partial charge in [0.15, 0.2) is 0 Å². The average Bonchev–Trinajstić information content (AvgIpc) is 3.03. The van der Waals surface area contributed by atoms with Gasteiger partial charge in [-0.05, 0) is 0 Å². The van der Waals surface area contributed by atoms with E-state index in [-0.39, 0.29) is 38.0 Å². The van der Waals surface area contributed by atoms with Crippen molar-refractivity contribution in [2.75, 3.05) is 13.2 Å². The van der Waals surface area contributed by atoms with Crippen LogP contribution in [-0.2, 0) is 24.2 Å². The predicted octanol–water partition coefficient (Wildman–Crippen LogP) is 3.71. The first kappa shape index (κ1) is 27.1. The van der Waals surface area contributed by atoms with Gasteiger partial charge in [0.1, 0.15) is 0 Å². The van der Waals surface area contributed by atoms with Crippen LogP contribution in [0.15, 0.2) is 35.5 Å². The molecule has 0 aliphatic heterocycles. The fourth-order valence-electron chi connectivity index (χ4n) is 1.48. The van der Waals surface area contributed by atoms with Crippen molar-refractivity contribution in [2.45, 2.75) is 39.5 Å². The second-order valence-electron chi connectivity index (χ2n) is 4.61. The van der Waals surface area contributed by atoms with E-state index in [4.69, 9.17) is 10.2 Å². The average molecular weight is 425 g/mol. The Bertz CT molecular complexity index is 363. The van der Waals surface area contributed by atoms with Gasteiger partial charge in [0.2, 0.25) is 0 Å². The van der Waals surface area contributed by atoms with Crippen molar-refractivity contribution >= 4 is 28.0 Å². The minimum absolute atomic E-state index is 0. The Hall–Kier alpha value is 0.213. The molecule has 2 aliphatic rings. The summed E-state index contributed by atoms with van der Waals surface area (Å²) in [6.07, 6.45) is 17.5. The molecule has 0 spiro atoms. The standard InChI is InChI=1S/2C7H9O.C3H6.2ClH.Zr/c2*8-6-5-7-3-1-2-4-7;1-3-2;;;/h2*3-4,8H,1,5-6H2;1-2H3;2*1H;/q2*-1;;;;+2. The largest absolute Gasteiger partial charge is 0.398 e. The first-order valence-corrected chi connectivity index (χ1v) is 8.07. The quantitative estimate of drug-likeness (QED) is 0.676. The molecular weight excluding hydrogens is 398 g/mol. The third kappa shape index (κ3) is 18.3. The van der Waals surface area contributed by atoms with Gasteiger partial charge in [-0.15, -0.1) is 37.7 Å². The Kier molecular flexibility index (Phi) is 23.7. The van der Waals surface area contributed by atoms with Crippen molar-refractivity contribution < 1.29 is 34.4 Å². The van der Waals surface area contributed by atoms with Crippen molar-refractivity contribution in [3.63, 3.8) is 0 Å². The third-order valence-electron chi connectivity index (χ3n) is 2.34. The molecular formula is C17H26Cl2O2Zr. The van der Waals surface area contributed by atoms with Gasteiger partial charge in [-0.25, -0.2) is 12.2 Å². The summed E-state index contributed by atoms with van der Waals surface area (Å²) < 4.78 is 1.51. The van der Waals surface area contributed by atoms with E-state index >= 15 is 0 Å². The van der Waals surface area contributed by atoms with E-state index in [9.17, 15) is 0 Å². The number of allylic oxidation sites excluding steroid dienone is 6. The van der Waals surface area contributed by atoms with Gasteiger partial charge >= 0.3 is 41.3 Å². The number of halogens is 2. The molecule has 22 heavy (non-hydrogen) atoms. The van der Waals surface area contributed by atoms with Crippen LogP contribution in [0.3, 0.4) is 0 Å². The predicted molar refractivity (Wildman–Crippen MR) is 95.3 cm³/mol. The number of hydrogen-bond donors (Lipinski definition) is 2. The van der Waals surface area contributed by atoms with Crippen LogP contribution in [0.5, 0.6) is 0 Å². The molecule has 0 unspecified atom stereocenters. The van der Waals surface area contributed by atoms with Gasteiger partial charge in [-0.1, -0.05) is 12.8 Å². The Labute approximate surface area is 162 Å². The summed E-state index contributed by atoms with van der Waals surface area (Å²) in [6.45, 7) is 4.75. The molecule has 0 radical (unpaired) electrons. The van der Waals surface area contributed by atoms with Gasteiger partial charge < -0.3 is 10.2 Å². The summed E-state index contributed by atoms with van der Waals surface area (Å²) in [7, 11) is 0. The second-order valence-corrected chi connectivity index (χ2v) is 7.07. The molecule has 0 aromatic heterocycles. The molecule has 0 saturated carbocycles. The van der Waals surface area contributed by atoms with Crippen molar-refractivity contribution in [1.29, 1.82) is 0 Å². The number of aliphatic hydroxyl groups is 2. The fraction of sp³-hybridized carbons (Fsp3) is 0.471. The topological polar surface area (TPSA) is 40.5 Å². The summed E-state index contributed by atoms with van der Waals surface area (Å²) in [4.78, 5) is 0. The van der Waals surface area contributed by atoms with Crippen LogP contribution in [-0.4, -0.2) is 26.6 Å². The van der Waals surface area contributed by atoms with Gasteiger partial charge in [0, 0.05) is 13.2 Å². The van der Waals surface area contributed by atoms with Gasteiger partial charge in [0.05, 0.1) is 0 Å². The molecule has 0 amide bonds.